The lowest BCUT2D eigenvalue weighted by molar-refractivity contribution is -0.0498. The fraction of sp³-hybridized carbons (Fsp3) is 0.375. The van der Waals surface area contributed by atoms with Crippen LogP contribution < -0.4 is 10.1 Å². The van der Waals surface area contributed by atoms with Gasteiger partial charge >= 0.3 is 6.61 Å². The lowest BCUT2D eigenvalue weighted by atomic mass is 10.0. The van der Waals surface area contributed by atoms with E-state index in [4.69, 9.17) is 0 Å². The molecule has 1 N–H and O–H groups in total. The molecular weight excluding hydrogens is 292 g/mol. The number of ether oxygens (including phenoxy) is 1. The molecule has 21 heavy (non-hydrogen) atoms. The predicted molar refractivity (Wildman–Crippen MR) is 82.4 cm³/mol. The first-order chi connectivity index (χ1) is 10.0. The van der Waals surface area contributed by atoms with Crippen molar-refractivity contribution in [2.45, 2.75) is 33.4 Å². The molecule has 0 aliphatic heterocycles. The van der Waals surface area contributed by atoms with Crippen molar-refractivity contribution in [3.05, 3.63) is 51.2 Å². The third-order valence-corrected chi connectivity index (χ3v) is 4.41. The number of nitrogens with one attached hydrogen (secondary N) is 1. The smallest absolute Gasteiger partial charge is 0.387 e. The first-order valence-corrected chi connectivity index (χ1v) is 7.68. The largest absolute Gasteiger partial charge is 0.435 e. The molecule has 0 saturated carbocycles. The van der Waals surface area contributed by atoms with Crippen LogP contribution in [0.2, 0.25) is 0 Å². The highest BCUT2D eigenvalue weighted by Gasteiger charge is 2.17. The van der Waals surface area contributed by atoms with Crippen LogP contribution >= 0.6 is 11.3 Å². The van der Waals surface area contributed by atoms with Crippen LogP contribution in [0.3, 0.4) is 0 Å². The zero-order chi connectivity index (χ0) is 15.4. The topological polar surface area (TPSA) is 21.3 Å². The van der Waals surface area contributed by atoms with E-state index in [0.29, 0.717) is 0 Å². The van der Waals surface area contributed by atoms with Crippen molar-refractivity contribution in [2.75, 3.05) is 6.54 Å². The Hall–Kier alpha value is -1.46. The van der Waals surface area contributed by atoms with Crippen molar-refractivity contribution < 1.29 is 13.5 Å². The van der Waals surface area contributed by atoms with E-state index >= 15 is 0 Å². The van der Waals surface area contributed by atoms with Gasteiger partial charge in [-0.15, -0.1) is 11.3 Å². The Kier molecular flexibility index (Phi) is 5.31. The maximum absolute atomic E-state index is 12.2. The molecule has 0 aliphatic carbocycles. The van der Waals surface area contributed by atoms with Crippen LogP contribution in [-0.4, -0.2) is 13.2 Å². The molecule has 1 unspecified atom stereocenters. The second-order valence-corrected chi connectivity index (χ2v) is 6.13. The van der Waals surface area contributed by atoms with Crippen LogP contribution in [0.4, 0.5) is 8.78 Å². The zero-order valence-corrected chi connectivity index (χ0v) is 13.1. The molecule has 0 saturated heterocycles. The summed E-state index contributed by atoms with van der Waals surface area (Å²) in [6.07, 6.45) is 0. The number of thiophene rings is 1. The number of hydrogen-bond donors (Lipinski definition) is 1. The summed E-state index contributed by atoms with van der Waals surface area (Å²) in [5.41, 5.74) is 2.29. The number of alkyl halides is 2. The molecule has 0 spiro atoms. The number of benzene rings is 1. The summed E-state index contributed by atoms with van der Waals surface area (Å²) in [6, 6.07) is 9.08. The first-order valence-electron chi connectivity index (χ1n) is 6.86. The van der Waals surface area contributed by atoms with Crippen LogP contribution in [0.1, 0.15) is 33.8 Å². The summed E-state index contributed by atoms with van der Waals surface area (Å²) in [7, 11) is 0. The van der Waals surface area contributed by atoms with Gasteiger partial charge in [0.1, 0.15) is 5.75 Å². The molecule has 2 rings (SSSR count). The van der Waals surface area contributed by atoms with Gasteiger partial charge < -0.3 is 10.1 Å². The molecule has 2 aromatic rings. The molecule has 1 aromatic heterocycles. The van der Waals surface area contributed by atoms with Gasteiger partial charge in [-0.05, 0) is 49.7 Å². The van der Waals surface area contributed by atoms with Gasteiger partial charge in [0.25, 0.3) is 0 Å². The molecular formula is C16H19F2NOS. The summed E-state index contributed by atoms with van der Waals surface area (Å²) >= 11 is 1.76. The number of hydrogen-bond acceptors (Lipinski definition) is 3. The Morgan fingerprint density at radius 2 is 1.86 bits per heavy atom. The highest BCUT2D eigenvalue weighted by Crippen LogP contribution is 2.32. The first kappa shape index (κ1) is 15.9. The number of rotatable bonds is 6. The molecule has 0 fully saturated rings. The molecule has 0 aliphatic rings. The zero-order valence-electron chi connectivity index (χ0n) is 12.3. The molecule has 1 atom stereocenters. The summed E-state index contributed by atoms with van der Waals surface area (Å²) in [5.74, 6) is 0.183. The summed E-state index contributed by atoms with van der Waals surface area (Å²) in [4.78, 5) is 2.53. The van der Waals surface area contributed by atoms with Crippen molar-refractivity contribution in [3.8, 4) is 5.75 Å². The Morgan fingerprint density at radius 1 is 1.19 bits per heavy atom. The highest BCUT2D eigenvalue weighted by atomic mass is 32.1. The highest BCUT2D eigenvalue weighted by molar-refractivity contribution is 7.12. The van der Waals surface area contributed by atoms with Crippen molar-refractivity contribution in [2.24, 2.45) is 0 Å². The van der Waals surface area contributed by atoms with Gasteiger partial charge in [0.05, 0.1) is 6.04 Å². The molecule has 114 valence electrons. The van der Waals surface area contributed by atoms with E-state index in [-0.39, 0.29) is 11.8 Å². The van der Waals surface area contributed by atoms with E-state index in [1.807, 2.05) is 12.1 Å². The standard InChI is InChI=1S/C16H19F2NOS/c1-4-19-14(15-10(2)9-11(3)21-15)12-5-7-13(8-6-12)20-16(17)18/h5-9,14,16,19H,4H2,1-3H3. The van der Waals surface area contributed by atoms with Crippen LogP contribution in [0.5, 0.6) is 5.75 Å². The minimum absolute atomic E-state index is 0.0781. The minimum atomic E-state index is -2.79. The number of aryl methyl sites for hydroxylation is 2. The second kappa shape index (κ2) is 7.00. The Bertz CT molecular complexity index is 580. The fourth-order valence-corrected chi connectivity index (χ4v) is 3.49. The Balaban J connectivity index is 2.28. The molecule has 0 radical (unpaired) electrons. The van der Waals surface area contributed by atoms with E-state index in [9.17, 15) is 8.78 Å². The summed E-state index contributed by atoms with van der Waals surface area (Å²) in [6.45, 7) is 4.27. The Morgan fingerprint density at radius 3 is 2.33 bits per heavy atom. The van der Waals surface area contributed by atoms with E-state index in [1.165, 1.54) is 15.3 Å². The predicted octanol–water partition coefficient (Wildman–Crippen LogP) is 4.67. The SMILES string of the molecule is CCNC(c1ccc(OC(F)F)cc1)c1sc(C)cc1C. The fourth-order valence-electron chi connectivity index (χ4n) is 2.35. The van der Waals surface area contributed by atoms with Gasteiger partial charge in [0, 0.05) is 9.75 Å². The summed E-state index contributed by atoms with van der Waals surface area (Å²) in [5, 5.41) is 3.45. The third-order valence-electron chi connectivity index (χ3n) is 3.19. The van der Waals surface area contributed by atoms with Gasteiger partial charge in [-0.3, -0.25) is 0 Å². The third kappa shape index (κ3) is 4.02. The lowest BCUT2D eigenvalue weighted by Crippen LogP contribution is -2.21. The van der Waals surface area contributed by atoms with Crippen LogP contribution in [0.15, 0.2) is 30.3 Å². The average Bonchev–Trinajstić information content (AvgIpc) is 2.75. The Labute approximate surface area is 127 Å². The average molecular weight is 311 g/mol. The van der Waals surface area contributed by atoms with Crippen molar-refractivity contribution in [1.82, 2.24) is 5.32 Å². The van der Waals surface area contributed by atoms with Crippen LogP contribution in [-0.2, 0) is 0 Å². The van der Waals surface area contributed by atoms with Gasteiger partial charge in [-0.1, -0.05) is 19.1 Å². The molecule has 0 bridgehead atoms. The molecule has 1 aromatic carbocycles. The van der Waals surface area contributed by atoms with Gasteiger partial charge in [0.15, 0.2) is 0 Å². The van der Waals surface area contributed by atoms with Crippen molar-refractivity contribution in [1.29, 1.82) is 0 Å². The molecule has 5 heteroatoms. The van der Waals surface area contributed by atoms with E-state index in [2.05, 4.69) is 36.9 Å². The van der Waals surface area contributed by atoms with Crippen LogP contribution in [0, 0.1) is 13.8 Å². The van der Waals surface area contributed by atoms with Gasteiger partial charge in [-0.2, -0.15) is 8.78 Å². The molecule has 1 heterocycles. The van der Waals surface area contributed by atoms with Gasteiger partial charge in [0.2, 0.25) is 0 Å². The van der Waals surface area contributed by atoms with Gasteiger partial charge in [-0.25, -0.2) is 0 Å². The monoisotopic (exact) mass is 311 g/mol. The lowest BCUT2D eigenvalue weighted by Gasteiger charge is -2.18. The second-order valence-electron chi connectivity index (χ2n) is 4.84. The number of halogens is 2. The minimum Gasteiger partial charge on any atom is -0.435 e. The van der Waals surface area contributed by atoms with E-state index in [0.717, 1.165) is 12.1 Å². The normalized spacial score (nSPS) is 12.7. The van der Waals surface area contributed by atoms with E-state index < -0.39 is 6.61 Å². The molecule has 0 amide bonds. The van der Waals surface area contributed by atoms with E-state index in [1.54, 1.807) is 23.5 Å². The van der Waals surface area contributed by atoms with Crippen molar-refractivity contribution in [3.63, 3.8) is 0 Å². The van der Waals surface area contributed by atoms with Crippen molar-refractivity contribution >= 4 is 11.3 Å². The summed E-state index contributed by atoms with van der Waals surface area (Å²) < 4.78 is 28.8. The quantitative estimate of drug-likeness (QED) is 0.837. The maximum Gasteiger partial charge on any atom is 0.387 e. The maximum atomic E-state index is 12.2. The van der Waals surface area contributed by atoms with Crippen LogP contribution in [0.25, 0.3) is 0 Å². The molecule has 2 nitrogen and oxygen atoms in total.